The van der Waals surface area contributed by atoms with Gasteiger partial charge >= 0.3 is 0 Å². The number of furan rings is 1. The number of hydrogen-bond donors (Lipinski definition) is 0. The van der Waals surface area contributed by atoms with Crippen LogP contribution in [0, 0.1) is 11.3 Å². The fourth-order valence-electron chi connectivity index (χ4n) is 1.93. The highest BCUT2D eigenvalue weighted by atomic mass is 32.2. The maximum Gasteiger partial charge on any atom is 0.205 e. The van der Waals surface area contributed by atoms with Crippen LogP contribution < -0.4 is 0 Å². The van der Waals surface area contributed by atoms with Gasteiger partial charge in [0.2, 0.25) is 5.82 Å². The van der Waals surface area contributed by atoms with E-state index in [-0.39, 0.29) is 0 Å². The lowest BCUT2D eigenvalue weighted by Crippen LogP contribution is -1.99. The highest BCUT2D eigenvalue weighted by Crippen LogP contribution is 2.28. The SMILES string of the molecule is N#CCCSc1nnc(-c2ccco2)n1-c1ccccc1. The molecule has 0 radical (unpaired) electrons. The summed E-state index contributed by atoms with van der Waals surface area (Å²) in [6.45, 7) is 0. The van der Waals surface area contributed by atoms with E-state index in [1.54, 1.807) is 6.26 Å². The Hall–Kier alpha value is -2.52. The number of benzene rings is 1. The lowest BCUT2D eigenvalue weighted by atomic mass is 10.3. The molecule has 21 heavy (non-hydrogen) atoms. The number of rotatable bonds is 5. The average molecular weight is 296 g/mol. The van der Waals surface area contributed by atoms with Gasteiger partial charge in [-0.3, -0.25) is 4.57 Å². The first-order valence-electron chi connectivity index (χ1n) is 6.44. The van der Waals surface area contributed by atoms with Gasteiger partial charge < -0.3 is 4.42 Å². The summed E-state index contributed by atoms with van der Waals surface area (Å²) in [5, 5.41) is 17.9. The van der Waals surface area contributed by atoms with Crippen molar-refractivity contribution in [1.29, 1.82) is 5.26 Å². The molecule has 2 heterocycles. The van der Waals surface area contributed by atoms with Crippen LogP contribution in [0.2, 0.25) is 0 Å². The predicted molar refractivity (Wildman–Crippen MR) is 80.0 cm³/mol. The summed E-state index contributed by atoms with van der Waals surface area (Å²) in [7, 11) is 0. The Labute approximate surface area is 126 Å². The molecule has 2 aromatic heterocycles. The van der Waals surface area contributed by atoms with Crippen LogP contribution in [-0.2, 0) is 0 Å². The maximum absolute atomic E-state index is 8.66. The van der Waals surface area contributed by atoms with E-state index >= 15 is 0 Å². The summed E-state index contributed by atoms with van der Waals surface area (Å²) in [5.74, 6) is 2.00. The van der Waals surface area contributed by atoms with Crippen LogP contribution in [0.25, 0.3) is 17.3 Å². The molecule has 0 saturated carbocycles. The summed E-state index contributed by atoms with van der Waals surface area (Å²) in [4.78, 5) is 0. The molecule has 0 saturated heterocycles. The van der Waals surface area contributed by atoms with Crippen molar-refractivity contribution in [1.82, 2.24) is 14.8 Å². The summed E-state index contributed by atoms with van der Waals surface area (Å²) in [6, 6.07) is 15.7. The van der Waals surface area contributed by atoms with Gasteiger partial charge in [-0.25, -0.2) is 0 Å². The molecule has 0 aliphatic heterocycles. The smallest absolute Gasteiger partial charge is 0.205 e. The molecule has 3 rings (SSSR count). The lowest BCUT2D eigenvalue weighted by molar-refractivity contribution is 0.575. The van der Waals surface area contributed by atoms with E-state index in [4.69, 9.17) is 9.68 Å². The second-order valence-electron chi connectivity index (χ2n) is 4.21. The van der Waals surface area contributed by atoms with Gasteiger partial charge in [-0.1, -0.05) is 30.0 Å². The monoisotopic (exact) mass is 296 g/mol. The van der Waals surface area contributed by atoms with Crippen molar-refractivity contribution in [3.63, 3.8) is 0 Å². The van der Waals surface area contributed by atoms with E-state index < -0.39 is 0 Å². The number of nitriles is 1. The predicted octanol–water partition coefficient (Wildman–Crippen LogP) is 3.53. The van der Waals surface area contributed by atoms with E-state index in [0.29, 0.717) is 23.8 Å². The first-order chi connectivity index (χ1) is 10.4. The second kappa shape index (κ2) is 6.29. The quantitative estimate of drug-likeness (QED) is 0.532. The molecule has 0 bridgehead atoms. The average Bonchev–Trinajstić information content (AvgIpc) is 3.17. The maximum atomic E-state index is 8.66. The molecule has 3 aromatic rings. The summed E-state index contributed by atoms with van der Waals surface area (Å²) < 4.78 is 7.38. The zero-order valence-corrected chi connectivity index (χ0v) is 12.0. The van der Waals surface area contributed by atoms with Crippen LogP contribution in [0.3, 0.4) is 0 Å². The Bertz CT molecular complexity index is 744. The fraction of sp³-hybridized carbons (Fsp3) is 0.133. The van der Waals surface area contributed by atoms with E-state index in [1.807, 2.05) is 47.0 Å². The molecule has 1 aromatic carbocycles. The van der Waals surface area contributed by atoms with E-state index in [2.05, 4.69) is 16.3 Å². The highest BCUT2D eigenvalue weighted by molar-refractivity contribution is 7.99. The normalized spacial score (nSPS) is 10.4. The first kappa shape index (κ1) is 13.5. The van der Waals surface area contributed by atoms with Gasteiger partial charge in [-0.15, -0.1) is 10.2 Å². The third kappa shape index (κ3) is 2.83. The third-order valence-corrected chi connectivity index (χ3v) is 3.77. The molecule has 0 spiro atoms. The number of nitrogens with zero attached hydrogens (tertiary/aromatic N) is 4. The molecule has 0 aliphatic rings. The van der Waals surface area contributed by atoms with Crippen molar-refractivity contribution in [2.45, 2.75) is 11.6 Å². The van der Waals surface area contributed by atoms with Crippen molar-refractivity contribution < 1.29 is 4.42 Å². The number of hydrogen-bond acceptors (Lipinski definition) is 5. The standard InChI is InChI=1S/C15H12N4OS/c16-9-5-11-21-15-18-17-14(13-8-4-10-20-13)19(15)12-6-2-1-3-7-12/h1-4,6-8,10H,5,11H2. The van der Waals surface area contributed by atoms with E-state index in [1.165, 1.54) is 11.8 Å². The fourth-order valence-corrected chi connectivity index (χ4v) is 2.72. The topological polar surface area (TPSA) is 67.6 Å². The van der Waals surface area contributed by atoms with Crippen LogP contribution in [0.15, 0.2) is 58.3 Å². The van der Waals surface area contributed by atoms with Gasteiger partial charge in [0.15, 0.2) is 10.9 Å². The van der Waals surface area contributed by atoms with Gasteiger partial charge in [-0.2, -0.15) is 5.26 Å². The molecule has 0 unspecified atom stereocenters. The number of para-hydroxylation sites is 1. The number of thioether (sulfide) groups is 1. The molecule has 0 atom stereocenters. The van der Waals surface area contributed by atoms with Gasteiger partial charge in [0, 0.05) is 17.9 Å². The van der Waals surface area contributed by atoms with Crippen molar-refractivity contribution in [3.8, 4) is 23.3 Å². The second-order valence-corrected chi connectivity index (χ2v) is 5.27. The molecule has 5 nitrogen and oxygen atoms in total. The molecule has 104 valence electrons. The van der Waals surface area contributed by atoms with E-state index in [9.17, 15) is 0 Å². The Balaban J connectivity index is 2.04. The minimum Gasteiger partial charge on any atom is -0.461 e. The van der Waals surface area contributed by atoms with Crippen LogP contribution in [0.4, 0.5) is 0 Å². The molecule has 0 N–H and O–H groups in total. The van der Waals surface area contributed by atoms with Crippen LogP contribution in [0.5, 0.6) is 0 Å². The highest BCUT2D eigenvalue weighted by Gasteiger charge is 2.17. The molecular formula is C15H12N4OS. The molecular weight excluding hydrogens is 284 g/mol. The minimum absolute atomic E-state index is 0.475. The zero-order chi connectivity index (χ0) is 14.5. The molecule has 0 fully saturated rings. The lowest BCUT2D eigenvalue weighted by Gasteiger charge is -2.08. The van der Waals surface area contributed by atoms with E-state index in [0.717, 1.165) is 10.8 Å². The zero-order valence-electron chi connectivity index (χ0n) is 11.1. The molecule has 0 amide bonds. The Morgan fingerprint density at radius 3 is 2.71 bits per heavy atom. The van der Waals surface area contributed by atoms with Crippen LogP contribution in [0.1, 0.15) is 6.42 Å². The summed E-state index contributed by atoms with van der Waals surface area (Å²) in [6.07, 6.45) is 2.09. The largest absolute Gasteiger partial charge is 0.461 e. The Kier molecular flexibility index (Phi) is 4.03. The van der Waals surface area contributed by atoms with Crippen molar-refractivity contribution >= 4 is 11.8 Å². The first-order valence-corrected chi connectivity index (χ1v) is 7.43. The number of aromatic nitrogens is 3. The summed E-state index contributed by atoms with van der Waals surface area (Å²) in [5.41, 5.74) is 0.966. The van der Waals surface area contributed by atoms with Gasteiger partial charge in [-0.05, 0) is 24.3 Å². The van der Waals surface area contributed by atoms with Crippen molar-refractivity contribution in [3.05, 3.63) is 48.7 Å². The third-order valence-electron chi connectivity index (χ3n) is 2.83. The van der Waals surface area contributed by atoms with Crippen molar-refractivity contribution in [2.75, 3.05) is 5.75 Å². The van der Waals surface area contributed by atoms with Crippen molar-refractivity contribution in [2.24, 2.45) is 0 Å². The minimum atomic E-state index is 0.475. The molecule has 0 aliphatic carbocycles. The molecule has 6 heteroatoms. The Morgan fingerprint density at radius 1 is 1.14 bits per heavy atom. The van der Waals surface area contributed by atoms with Gasteiger partial charge in [0.05, 0.1) is 12.3 Å². The van der Waals surface area contributed by atoms with Gasteiger partial charge in [0.1, 0.15) is 0 Å². The summed E-state index contributed by atoms with van der Waals surface area (Å²) >= 11 is 1.51. The van der Waals surface area contributed by atoms with Crippen LogP contribution in [-0.4, -0.2) is 20.5 Å². The van der Waals surface area contributed by atoms with Crippen LogP contribution >= 0.6 is 11.8 Å². The Morgan fingerprint density at radius 2 is 2.00 bits per heavy atom. The van der Waals surface area contributed by atoms with Gasteiger partial charge in [0.25, 0.3) is 0 Å².